The molecule has 0 fully saturated rings. The van der Waals surface area contributed by atoms with Crippen molar-refractivity contribution in [2.24, 2.45) is 0 Å². The molecule has 0 amide bonds. The maximum Gasteiger partial charge on any atom is 0.185 e. The minimum atomic E-state index is -0.0841. The van der Waals surface area contributed by atoms with E-state index in [-0.39, 0.29) is 5.78 Å². The Morgan fingerprint density at radius 3 is 1.66 bits per heavy atom. The Labute approximate surface area is 174 Å². The van der Waals surface area contributed by atoms with Crippen LogP contribution in [0.25, 0.3) is 0 Å². The van der Waals surface area contributed by atoms with E-state index >= 15 is 0 Å². The Balaban J connectivity index is 2.03. The van der Waals surface area contributed by atoms with Gasteiger partial charge in [0.15, 0.2) is 5.78 Å². The summed E-state index contributed by atoms with van der Waals surface area (Å²) in [6.07, 6.45) is 1.33. The first-order valence-electron chi connectivity index (χ1n) is 9.84. The summed E-state index contributed by atoms with van der Waals surface area (Å²) in [6, 6.07) is 23.8. The molecule has 4 heteroatoms. The molecule has 0 heterocycles. The highest BCUT2D eigenvalue weighted by molar-refractivity contribution is 6.32. The van der Waals surface area contributed by atoms with Gasteiger partial charge in [0.1, 0.15) is 7.85 Å². The van der Waals surface area contributed by atoms with Crippen LogP contribution in [0.15, 0.2) is 85.5 Å². The molecule has 3 rings (SSSR count). The predicted octanol–water partition coefficient (Wildman–Crippen LogP) is 5.17. The van der Waals surface area contributed by atoms with Gasteiger partial charge in [0, 0.05) is 41.4 Å². The third-order valence-electron chi connectivity index (χ3n) is 4.98. The van der Waals surface area contributed by atoms with Crippen LogP contribution in [-0.2, 0) is 0 Å². The minimum absolute atomic E-state index is 0.0841. The summed E-state index contributed by atoms with van der Waals surface area (Å²) in [6.45, 7) is 9.81. The molecule has 0 aliphatic rings. The van der Waals surface area contributed by atoms with E-state index in [2.05, 4.69) is 54.5 Å². The molecule has 0 saturated carbocycles. The van der Waals surface area contributed by atoms with Crippen molar-refractivity contribution in [3.05, 3.63) is 91.0 Å². The number of carbonyl (C=O) groups is 1. The Morgan fingerprint density at radius 1 is 0.793 bits per heavy atom. The summed E-state index contributed by atoms with van der Waals surface area (Å²) in [5, 5.41) is 0. The normalized spacial score (nSPS) is 10.4. The van der Waals surface area contributed by atoms with E-state index < -0.39 is 0 Å². The molecule has 0 aliphatic carbocycles. The number of hydrogen-bond donors (Lipinski definition) is 0. The molecule has 0 atom stereocenters. The molecule has 144 valence electrons. The van der Waals surface area contributed by atoms with Gasteiger partial charge < -0.3 is 9.80 Å². The molecular formula is C25H25BN2O. The number of benzene rings is 3. The van der Waals surface area contributed by atoms with Gasteiger partial charge >= 0.3 is 0 Å². The van der Waals surface area contributed by atoms with Gasteiger partial charge in [0.25, 0.3) is 0 Å². The number of anilines is 4. The standard InChI is InChI=1S/C25H25BN2O/c1-4-25(29)19-7-11-22(12-8-19)28(23-13-9-20(26)10-14-23)24-17-15-21(16-18-24)27(5-2)6-3/h4,7-18H,1,5-6H2,2-3H3. The number of nitrogens with zero attached hydrogens (tertiary/aromatic N) is 2. The fourth-order valence-electron chi connectivity index (χ4n) is 3.36. The lowest BCUT2D eigenvalue weighted by Crippen LogP contribution is -2.21. The largest absolute Gasteiger partial charge is 0.372 e. The molecule has 3 aromatic carbocycles. The van der Waals surface area contributed by atoms with E-state index in [0.717, 1.165) is 35.6 Å². The first-order valence-corrected chi connectivity index (χ1v) is 9.84. The fraction of sp³-hybridized carbons (Fsp3) is 0.160. The van der Waals surface area contributed by atoms with Crippen LogP contribution in [0.4, 0.5) is 22.7 Å². The molecule has 0 unspecified atom stereocenters. The van der Waals surface area contributed by atoms with Crippen molar-refractivity contribution in [1.82, 2.24) is 0 Å². The van der Waals surface area contributed by atoms with E-state index in [4.69, 9.17) is 7.85 Å². The molecule has 3 aromatic rings. The lowest BCUT2D eigenvalue weighted by molar-refractivity contribution is 0.104. The van der Waals surface area contributed by atoms with Gasteiger partial charge in [0.2, 0.25) is 0 Å². The number of rotatable bonds is 8. The van der Waals surface area contributed by atoms with Crippen LogP contribution in [0.3, 0.4) is 0 Å². The molecule has 0 saturated heterocycles. The van der Waals surface area contributed by atoms with Gasteiger partial charge in [-0.2, -0.15) is 0 Å². The molecule has 2 radical (unpaired) electrons. The van der Waals surface area contributed by atoms with E-state index in [1.807, 2.05) is 48.5 Å². The highest BCUT2D eigenvalue weighted by Crippen LogP contribution is 2.35. The third kappa shape index (κ3) is 4.60. The van der Waals surface area contributed by atoms with Crippen molar-refractivity contribution in [3.63, 3.8) is 0 Å². The van der Waals surface area contributed by atoms with Crippen LogP contribution >= 0.6 is 0 Å². The minimum Gasteiger partial charge on any atom is -0.372 e. The van der Waals surface area contributed by atoms with Crippen molar-refractivity contribution in [3.8, 4) is 0 Å². The van der Waals surface area contributed by atoms with Gasteiger partial charge in [-0.1, -0.05) is 24.2 Å². The summed E-state index contributed by atoms with van der Waals surface area (Å²) >= 11 is 0. The van der Waals surface area contributed by atoms with Gasteiger partial charge in [-0.15, -0.1) is 0 Å². The number of ketones is 1. The van der Waals surface area contributed by atoms with E-state index in [1.165, 1.54) is 11.8 Å². The molecule has 0 bridgehead atoms. The van der Waals surface area contributed by atoms with Crippen LogP contribution in [0.2, 0.25) is 0 Å². The Hall–Kier alpha value is -3.27. The monoisotopic (exact) mass is 380 g/mol. The highest BCUT2D eigenvalue weighted by atomic mass is 16.1. The molecule has 29 heavy (non-hydrogen) atoms. The quantitative estimate of drug-likeness (QED) is 0.306. The lowest BCUT2D eigenvalue weighted by Gasteiger charge is -2.27. The molecule has 0 aromatic heterocycles. The second-order valence-electron chi connectivity index (χ2n) is 6.73. The van der Waals surface area contributed by atoms with Crippen LogP contribution in [0.5, 0.6) is 0 Å². The Kier molecular flexibility index (Phi) is 6.56. The average Bonchev–Trinajstić information content (AvgIpc) is 2.77. The number of hydrogen-bond acceptors (Lipinski definition) is 3. The van der Waals surface area contributed by atoms with Gasteiger partial charge in [-0.3, -0.25) is 4.79 Å². The van der Waals surface area contributed by atoms with Gasteiger partial charge in [0.05, 0.1) is 0 Å². The second kappa shape index (κ2) is 9.29. The van der Waals surface area contributed by atoms with Crippen LogP contribution < -0.4 is 15.3 Å². The maximum absolute atomic E-state index is 11.9. The highest BCUT2D eigenvalue weighted by Gasteiger charge is 2.13. The summed E-state index contributed by atoms with van der Waals surface area (Å²) in [5.74, 6) is -0.0841. The number of carbonyl (C=O) groups excluding carboxylic acids is 1. The van der Waals surface area contributed by atoms with Crippen LogP contribution in [0, 0.1) is 0 Å². The predicted molar refractivity (Wildman–Crippen MR) is 125 cm³/mol. The van der Waals surface area contributed by atoms with Crippen molar-refractivity contribution >= 4 is 41.8 Å². The average molecular weight is 380 g/mol. The fourth-order valence-corrected chi connectivity index (χ4v) is 3.36. The van der Waals surface area contributed by atoms with E-state index in [1.54, 1.807) is 0 Å². The molecule has 3 nitrogen and oxygen atoms in total. The van der Waals surface area contributed by atoms with Crippen molar-refractivity contribution in [2.45, 2.75) is 13.8 Å². The van der Waals surface area contributed by atoms with Crippen molar-refractivity contribution in [2.75, 3.05) is 22.9 Å². The summed E-state index contributed by atoms with van der Waals surface area (Å²) in [5.41, 5.74) is 5.54. The zero-order valence-corrected chi connectivity index (χ0v) is 17.0. The van der Waals surface area contributed by atoms with Crippen molar-refractivity contribution in [1.29, 1.82) is 0 Å². The van der Waals surface area contributed by atoms with Gasteiger partial charge in [-0.05, 0) is 80.6 Å². The summed E-state index contributed by atoms with van der Waals surface area (Å²) < 4.78 is 0. The smallest absolute Gasteiger partial charge is 0.185 e. The molecule has 0 aliphatic heterocycles. The number of allylic oxidation sites excluding steroid dienone is 1. The maximum atomic E-state index is 11.9. The topological polar surface area (TPSA) is 23.6 Å². The Morgan fingerprint density at radius 2 is 1.21 bits per heavy atom. The second-order valence-corrected chi connectivity index (χ2v) is 6.73. The Bertz CT molecular complexity index is 959. The van der Waals surface area contributed by atoms with Gasteiger partial charge in [-0.25, -0.2) is 0 Å². The summed E-state index contributed by atoms with van der Waals surface area (Å²) in [4.78, 5) is 16.3. The van der Waals surface area contributed by atoms with Crippen molar-refractivity contribution < 1.29 is 4.79 Å². The molecular weight excluding hydrogens is 355 g/mol. The third-order valence-corrected chi connectivity index (χ3v) is 4.98. The first-order chi connectivity index (χ1) is 14.1. The van der Waals surface area contributed by atoms with Crippen LogP contribution in [0.1, 0.15) is 24.2 Å². The SMILES string of the molecule is [B]c1ccc(N(c2ccc(C(=O)C=C)cc2)c2ccc(N(CC)CC)cc2)cc1. The zero-order valence-electron chi connectivity index (χ0n) is 17.0. The first kappa shape index (κ1) is 20.5. The molecule has 0 N–H and O–H groups in total. The summed E-state index contributed by atoms with van der Waals surface area (Å²) in [7, 11) is 5.89. The van der Waals surface area contributed by atoms with Crippen LogP contribution in [-0.4, -0.2) is 26.7 Å². The lowest BCUT2D eigenvalue weighted by atomic mass is 9.96. The molecule has 0 spiro atoms. The zero-order chi connectivity index (χ0) is 20.8. The van der Waals surface area contributed by atoms with E-state index in [9.17, 15) is 4.79 Å². The van der Waals surface area contributed by atoms with E-state index in [0.29, 0.717) is 5.56 Å².